The first-order valence-electron chi connectivity index (χ1n) is 9.26. The number of nitrogens with zero attached hydrogens (tertiary/aromatic N) is 7. The highest BCUT2D eigenvalue weighted by molar-refractivity contribution is 5.78. The lowest BCUT2D eigenvalue weighted by molar-refractivity contribution is 0.166. The van der Waals surface area contributed by atoms with Crippen LogP contribution in [-0.4, -0.2) is 47.4 Å². The number of methoxy groups -OCH3 is 1. The van der Waals surface area contributed by atoms with Crippen molar-refractivity contribution in [1.82, 2.24) is 33.7 Å². The summed E-state index contributed by atoms with van der Waals surface area (Å²) < 4.78 is 10.1. The second-order valence-corrected chi connectivity index (χ2v) is 7.21. The number of pyridine rings is 1. The first-order chi connectivity index (χ1) is 14.0. The van der Waals surface area contributed by atoms with Crippen molar-refractivity contribution in [2.75, 3.05) is 19.0 Å². The molecule has 1 aliphatic carbocycles. The number of imidazole rings is 1. The summed E-state index contributed by atoms with van der Waals surface area (Å²) in [7, 11) is 3.41. The Morgan fingerprint density at radius 3 is 2.97 bits per heavy atom. The van der Waals surface area contributed by atoms with Crippen molar-refractivity contribution in [3.63, 3.8) is 0 Å². The number of aryl methyl sites for hydroxylation is 2. The fourth-order valence-electron chi connectivity index (χ4n) is 3.63. The summed E-state index contributed by atoms with van der Waals surface area (Å²) >= 11 is 0. The molecule has 10 heteroatoms. The first-order valence-corrected chi connectivity index (χ1v) is 9.26. The Morgan fingerprint density at radius 1 is 1.34 bits per heavy atom. The van der Waals surface area contributed by atoms with E-state index in [1.165, 1.54) is 6.33 Å². The summed E-state index contributed by atoms with van der Waals surface area (Å²) in [6.07, 6.45) is 7.85. The van der Waals surface area contributed by atoms with Crippen LogP contribution in [0, 0.1) is 12.8 Å². The molecule has 29 heavy (non-hydrogen) atoms. The van der Waals surface area contributed by atoms with Gasteiger partial charge < -0.3 is 10.1 Å². The molecule has 0 amide bonds. The molecule has 148 valence electrons. The average molecular weight is 392 g/mol. The van der Waals surface area contributed by atoms with Crippen LogP contribution in [0.4, 0.5) is 11.6 Å². The molecule has 0 aromatic carbocycles. The largest absolute Gasteiger partial charge is 0.384 e. The highest BCUT2D eigenvalue weighted by atomic mass is 16.5. The molecule has 1 N–H and O–H groups in total. The summed E-state index contributed by atoms with van der Waals surface area (Å²) in [4.78, 5) is 26.0. The Bertz CT molecular complexity index is 1330. The van der Waals surface area contributed by atoms with Crippen molar-refractivity contribution in [1.29, 1.82) is 0 Å². The second kappa shape index (κ2) is 6.52. The third-order valence-corrected chi connectivity index (χ3v) is 5.24. The number of rotatable bonds is 5. The van der Waals surface area contributed by atoms with E-state index in [9.17, 15) is 4.79 Å². The van der Waals surface area contributed by atoms with Crippen LogP contribution in [0.3, 0.4) is 0 Å². The summed E-state index contributed by atoms with van der Waals surface area (Å²) in [5.74, 6) is 0.737. The number of hydrogen-bond donors (Lipinski definition) is 1. The Hall–Kier alpha value is -3.53. The maximum absolute atomic E-state index is 12.8. The molecular formula is C19H20N8O2. The van der Waals surface area contributed by atoms with Crippen LogP contribution in [0.25, 0.3) is 22.5 Å². The topological polar surface area (TPSA) is 104 Å². The van der Waals surface area contributed by atoms with Crippen LogP contribution >= 0.6 is 0 Å². The zero-order valence-electron chi connectivity index (χ0n) is 16.3. The van der Waals surface area contributed by atoms with Crippen LogP contribution in [0.5, 0.6) is 0 Å². The number of hydrogen-bond acceptors (Lipinski definition) is 7. The third kappa shape index (κ3) is 2.80. The Morgan fingerprint density at radius 2 is 2.17 bits per heavy atom. The molecule has 0 bridgehead atoms. The van der Waals surface area contributed by atoms with Gasteiger partial charge in [0.05, 0.1) is 24.7 Å². The fourth-order valence-corrected chi connectivity index (χ4v) is 3.63. The van der Waals surface area contributed by atoms with E-state index in [0.29, 0.717) is 29.6 Å². The van der Waals surface area contributed by atoms with E-state index in [2.05, 4.69) is 31.4 Å². The van der Waals surface area contributed by atoms with Gasteiger partial charge in [0.1, 0.15) is 11.8 Å². The summed E-state index contributed by atoms with van der Waals surface area (Å²) in [5, 5.41) is 7.39. The number of allylic oxidation sites excluding steroid dienone is 1. The predicted molar refractivity (Wildman–Crippen MR) is 108 cm³/mol. The molecule has 0 spiro atoms. The molecule has 1 atom stereocenters. The van der Waals surface area contributed by atoms with E-state index in [0.717, 1.165) is 29.0 Å². The monoisotopic (exact) mass is 392 g/mol. The molecule has 4 heterocycles. The SMILES string of the molecule is COCC1C=C(n2c(=O)n(C)c3cnc(Nc4cn5ncnc5cc4C)nc32)C1. The first kappa shape index (κ1) is 17.6. The van der Waals surface area contributed by atoms with Gasteiger partial charge in [-0.15, -0.1) is 0 Å². The quantitative estimate of drug-likeness (QED) is 0.551. The second-order valence-electron chi connectivity index (χ2n) is 7.21. The van der Waals surface area contributed by atoms with Gasteiger partial charge in [-0.3, -0.25) is 4.57 Å². The van der Waals surface area contributed by atoms with E-state index >= 15 is 0 Å². The molecule has 0 fully saturated rings. The molecule has 5 rings (SSSR count). The van der Waals surface area contributed by atoms with Crippen LogP contribution in [-0.2, 0) is 11.8 Å². The van der Waals surface area contributed by atoms with Crippen LogP contribution < -0.4 is 11.0 Å². The summed E-state index contributed by atoms with van der Waals surface area (Å²) in [6, 6.07) is 1.93. The van der Waals surface area contributed by atoms with E-state index in [1.54, 1.807) is 34.0 Å². The molecule has 0 saturated heterocycles. The van der Waals surface area contributed by atoms with Crippen molar-refractivity contribution >= 4 is 34.1 Å². The zero-order chi connectivity index (χ0) is 20.1. The molecule has 1 aliphatic rings. The molecule has 1 unspecified atom stereocenters. The molecule has 4 aromatic heterocycles. The van der Waals surface area contributed by atoms with Gasteiger partial charge in [0.2, 0.25) is 5.95 Å². The smallest absolute Gasteiger partial charge is 0.334 e. The molecular weight excluding hydrogens is 372 g/mol. The van der Waals surface area contributed by atoms with Gasteiger partial charge in [0, 0.05) is 25.8 Å². The normalized spacial score (nSPS) is 16.2. The van der Waals surface area contributed by atoms with Crippen LogP contribution in [0.1, 0.15) is 12.0 Å². The maximum atomic E-state index is 12.8. The Kier molecular flexibility index (Phi) is 3.95. The minimum Gasteiger partial charge on any atom is -0.384 e. The lowest BCUT2D eigenvalue weighted by atomic mass is 9.92. The zero-order valence-corrected chi connectivity index (χ0v) is 16.3. The summed E-state index contributed by atoms with van der Waals surface area (Å²) in [5.41, 5.74) is 4.64. The molecule has 4 aromatic rings. The van der Waals surface area contributed by atoms with Crippen LogP contribution in [0.2, 0.25) is 0 Å². The van der Waals surface area contributed by atoms with Gasteiger partial charge in [-0.05, 0) is 25.0 Å². The Balaban J connectivity index is 1.56. The molecule has 0 aliphatic heterocycles. The highest BCUT2D eigenvalue weighted by Gasteiger charge is 2.25. The lowest BCUT2D eigenvalue weighted by Gasteiger charge is -2.24. The molecule has 0 saturated carbocycles. The van der Waals surface area contributed by atoms with Crippen molar-refractivity contribution in [3.8, 4) is 0 Å². The van der Waals surface area contributed by atoms with Crippen molar-refractivity contribution in [2.45, 2.75) is 13.3 Å². The van der Waals surface area contributed by atoms with Gasteiger partial charge in [0.25, 0.3) is 0 Å². The van der Waals surface area contributed by atoms with E-state index in [-0.39, 0.29) is 5.69 Å². The average Bonchev–Trinajstić information content (AvgIpc) is 3.21. The standard InChI is InChI=1S/C19H20N8O2/c1-11-4-16-21-10-22-26(16)8-14(11)23-18-20-7-15-17(24-18)27(19(28)25(15)2)13-5-12(6-13)9-29-3/h4-5,7-8,10,12H,6,9H2,1-3H3,(H,20,23,24). The van der Waals surface area contributed by atoms with Crippen LogP contribution in [0.15, 0.2) is 35.7 Å². The summed E-state index contributed by atoms with van der Waals surface area (Å²) in [6.45, 7) is 2.62. The molecule has 10 nitrogen and oxygen atoms in total. The number of fused-ring (bicyclic) bond motifs is 2. The van der Waals surface area contributed by atoms with Gasteiger partial charge in [-0.25, -0.2) is 23.8 Å². The maximum Gasteiger partial charge on any atom is 0.334 e. The van der Waals surface area contributed by atoms with Crippen molar-refractivity contribution in [3.05, 3.63) is 46.9 Å². The van der Waals surface area contributed by atoms with Crippen molar-refractivity contribution < 1.29 is 4.74 Å². The Labute approximate surface area is 165 Å². The van der Waals surface area contributed by atoms with Gasteiger partial charge in [-0.1, -0.05) is 6.08 Å². The number of anilines is 2. The minimum atomic E-state index is -0.131. The third-order valence-electron chi connectivity index (χ3n) is 5.24. The number of ether oxygens (including phenoxy) is 1. The van der Waals surface area contributed by atoms with E-state index < -0.39 is 0 Å². The number of nitrogens with one attached hydrogen (secondary N) is 1. The lowest BCUT2D eigenvalue weighted by Crippen LogP contribution is -2.27. The van der Waals surface area contributed by atoms with Crippen molar-refractivity contribution in [2.24, 2.45) is 13.0 Å². The van der Waals surface area contributed by atoms with E-state index in [1.807, 2.05) is 19.2 Å². The highest BCUT2D eigenvalue weighted by Crippen LogP contribution is 2.31. The fraction of sp³-hybridized carbons (Fsp3) is 0.316. The van der Waals surface area contributed by atoms with Gasteiger partial charge >= 0.3 is 5.69 Å². The van der Waals surface area contributed by atoms with Gasteiger partial charge in [0.15, 0.2) is 11.3 Å². The van der Waals surface area contributed by atoms with Gasteiger partial charge in [-0.2, -0.15) is 10.1 Å². The molecule has 0 radical (unpaired) electrons. The van der Waals surface area contributed by atoms with E-state index in [4.69, 9.17) is 4.74 Å². The predicted octanol–water partition coefficient (Wildman–Crippen LogP) is 1.73. The minimum absolute atomic E-state index is 0.131. The number of aromatic nitrogens is 7.